The molecule has 0 aliphatic rings. The van der Waals surface area contributed by atoms with Gasteiger partial charge in [-0.05, 0) is 5.41 Å². The van der Waals surface area contributed by atoms with Gasteiger partial charge in [-0.1, -0.05) is 20.8 Å². The molecule has 2 atom stereocenters. The molecule has 7 heteroatoms. The summed E-state index contributed by atoms with van der Waals surface area (Å²) in [5.74, 6) is -1.58. The topological polar surface area (TPSA) is 121 Å². The maximum absolute atomic E-state index is 11.9. The second-order valence-corrected chi connectivity index (χ2v) is 5.52. The van der Waals surface area contributed by atoms with Gasteiger partial charge in [-0.15, -0.1) is 0 Å². The van der Waals surface area contributed by atoms with Crippen LogP contribution in [0.15, 0.2) is 12.5 Å². The highest BCUT2D eigenvalue weighted by Crippen LogP contribution is 2.17. The Morgan fingerprint density at radius 3 is 2.58 bits per heavy atom. The Hall–Kier alpha value is -1.89. The smallest absolute Gasteiger partial charge is 0.326 e. The van der Waals surface area contributed by atoms with Crippen LogP contribution < -0.4 is 11.1 Å². The lowest BCUT2D eigenvalue weighted by molar-refractivity contribution is -0.142. The standard InChI is InChI=1S/C12H20N4O3/c1-12(2,3)9(13)10(17)16-8(11(18)19)4-7-5-14-6-15-7/h5-6,8-9H,4,13H2,1-3H3,(H,14,15)(H,16,17)(H,18,19)/t8-,9+/m1/s1. The summed E-state index contributed by atoms with van der Waals surface area (Å²) in [6.45, 7) is 5.46. The highest BCUT2D eigenvalue weighted by molar-refractivity contribution is 5.87. The van der Waals surface area contributed by atoms with Crippen LogP contribution in [0.2, 0.25) is 0 Å². The van der Waals surface area contributed by atoms with Crippen molar-refractivity contribution in [1.82, 2.24) is 15.3 Å². The number of aromatic amines is 1. The number of carboxylic acids is 1. The van der Waals surface area contributed by atoms with Gasteiger partial charge in [-0.2, -0.15) is 0 Å². The molecule has 106 valence electrons. The Balaban J connectivity index is 2.69. The van der Waals surface area contributed by atoms with Crippen LogP contribution in [0.5, 0.6) is 0 Å². The fourth-order valence-corrected chi connectivity index (χ4v) is 1.47. The molecule has 0 fully saturated rings. The minimum atomic E-state index is -1.11. The molecule has 1 amide bonds. The van der Waals surface area contributed by atoms with Gasteiger partial charge in [-0.25, -0.2) is 9.78 Å². The summed E-state index contributed by atoms with van der Waals surface area (Å²) in [5, 5.41) is 11.6. The van der Waals surface area contributed by atoms with E-state index in [0.29, 0.717) is 5.69 Å². The summed E-state index contributed by atoms with van der Waals surface area (Å²) in [7, 11) is 0. The zero-order chi connectivity index (χ0) is 14.6. The van der Waals surface area contributed by atoms with E-state index in [9.17, 15) is 9.59 Å². The van der Waals surface area contributed by atoms with Crippen LogP contribution in [0.3, 0.4) is 0 Å². The molecule has 7 nitrogen and oxygen atoms in total. The number of hydrogen-bond acceptors (Lipinski definition) is 4. The molecule has 0 saturated heterocycles. The van der Waals surface area contributed by atoms with Gasteiger partial charge in [0.1, 0.15) is 6.04 Å². The lowest BCUT2D eigenvalue weighted by Gasteiger charge is -2.27. The van der Waals surface area contributed by atoms with E-state index in [1.165, 1.54) is 12.5 Å². The van der Waals surface area contributed by atoms with Crippen LogP contribution >= 0.6 is 0 Å². The lowest BCUT2D eigenvalue weighted by atomic mass is 9.87. The molecule has 0 spiro atoms. The first kappa shape index (κ1) is 15.2. The number of amides is 1. The van der Waals surface area contributed by atoms with E-state index in [2.05, 4.69) is 15.3 Å². The summed E-state index contributed by atoms with van der Waals surface area (Å²) >= 11 is 0. The van der Waals surface area contributed by atoms with E-state index in [-0.39, 0.29) is 6.42 Å². The van der Waals surface area contributed by atoms with E-state index in [0.717, 1.165) is 0 Å². The molecule has 0 bridgehead atoms. The van der Waals surface area contributed by atoms with Crippen LogP contribution in [0.25, 0.3) is 0 Å². The first-order valence-electron chi connectivity index (χ1n) is 5.98. The number of carbonyl (C=O) groups is 2. The quantitative estimate of drug-likeness (QED) is 0.594. The molecule has 1 rings (SSSR count). The number of H-pyrrole nitrogens is 1. The van der Waals surface area contributed by atoms with Gasteiger partial charge in [0.15, 0.2) is 0 Å². The van der Waals surface area contributed by atoms with Gasteiger partial charge in [0.2, 0.25) is 5.91 Å². The highest BCUT2D eigenvalue weighted by Gasteiger charge is 2.30. The van der Waals surface area contributed by atoms with Gasteiger partial charge in [-0.3, -0.25) is 4.79 Å². The molecular weight excluding hydrogens is 248 g/mol. The highest BCUT2D eigenvalue weighted by atomic mass is 16.4. The van der Waals surface area contributed by atoms with E-state index < -0.39 is 29.4 Å². The molecule has 1 heterocycles. The molecule has 0 aliphatic carbocycles. The monoisotopic (exact) mass is 268 g/mol. The number of imidazole rings is 1. The summed E-state index contributed by atoms with van der Waals surface area (Å²) in [6, 6.07) is -1.79. The minimum Gasteiger partial charge on any atom is -0.480 e. The van der Waals surface area contributed by atoms with Crippen molar-refractivity contribution in [3.05, 3.63) is 18.2 Å². The fourth-order valence-electron chi connectivity index (χ4n) is 1.47. The summed E-state index contributed by atoms with van der Waals surface area (Å²) in [5.41, 5.74) is 6.00. The zero-order valence-electron chi connectivity index (χ0n) is 11.3. The molecule has 0 saturated carbocycles. The molecule has 0 unspecified atom stereocenters. The maximum Gasteiger partial charge on any atom is 0.326 e. The number of carbonyl (C=O) groups excluding carboxylic acids is 1. The number of nitrogens with two attached hydrogens (primary N) is 1. The van der Waals surface area contributed by atoms with Crippen molar-refractivity contribution >= 4 is 11.9 Å². The average molecular weight is 268 g/mol. The van der Waals surface area contributed by atoms with Gasteiger partial charge in [0, 0.05) is 18.3 Å². The molecule has 1 aromatic rings. The normalized spacial score (nSPS) is 14.7. The number of nitrogens with zero attached hydrogens (tertiary/aromatic N) is 1. The van der Waals surface area contributed by atoms with Gasteiger partial charge < -0.3 is 21.1 Å². The van der Waals surface area contributed by atoms with Crippen LogP contribution in [-0.2, 0) is 16.0 Å². The van der Waals surface area contributed by atoms with Crippen molar-refractivity contribution in [2.75, 3.05) is 0 Å². The Labute approximate surface area is 111 Å². The minimum absolute atomic E-state index is 0.137. The second-order valence-electron chi connectivity index (χ2n) is 5.52. The Morgan fingerprint density at radius 1 is 1.53 bits per heavy atom. The lowest BCUT2D eigenvalue weighted by Crippen LogP contribution is -2.53. The third-order valence-corrected chi connectivity index (χ3v) is 2.81. The van der Waals surface area contributed by atoms with Crippen molar-refractivity contribution < 1.29 is 14.7 Å². The maximum atomic E-state index is 11.9. The molecule has 5 N–H and O–H groups in total. The number of carboxylic acid groups (broad SMARTS) is 1. The van der Waals surface area contributed by atoms with Gasteiger partial charge in [0.25, 0.3) is 0 Å². The fraction of sp³-hybridized carbons (Fsp3) is 0.583. The number of aromatic nitrogens is 2. The van der Waals surface area contributed by atoms with E-state index in [4.69, 9.17) is 10.8 Å². The van der Waals surface area contributed by atoms with Crippen molar-refractivity contribution in [1.29, 1.82) is 0 Å². The van der Waals surface area contributed by atoms with E-state index in [1.54, 1.807) is 0 Å². The second kappa shape index (κ2) is 5.83. The van der Waals surface area contributed by atoms with Gasteiger partial charge in [0.05, 0.1) is 12.4 Å². The number of aliphatic carboxylic acids is 1. The summed E-state index contributed by atoms with van der Waals surface area (Å²) in [4.78, 5) is 29.7. The Bertz CT molecular complexity index is 436. The SMILES string of the molecule is CC(C)(C)[C@@H](N)C(=O)N[C@H](Cc1cnc[nH]1)C(=O)O. The predicted octanol–water partition coefficient (Wildman–Crippen LogP) is -0.105. The van der Waals surface area contributed by atoms with Crippen LogP contribution in [0, 0.1) is 5.41 Å². The average Bonchev–Trinajstić information content (AvgIpc) is 2.78. The Kier molecular flexibility index (Phi) is 4.66. The van der Waals surface area contributed by atoms with Crippen molar-refractivity contribution in [2.24, 2.45) is 11.1 Å². The zero-order valence-corrected chi connectivity index (χ0v) is 11.3. The van der Waals surface area contributed by atoms with Crippen molar-refractivity contribution in [3.8, 4) is 0 Å². The molecule has 19 heavy (non-hydrogen) atoms. The third-order valence-electron chi connectivity index (χ3n) is 2.81. The predicted molar refractivity (Wildman–Crippen MR) is 69.3 cm³/mol. The summed E-state index contributed by atoms with van der Waals surface area (Å²) < 4.78 is 0. The third kappa shape index (κ3) is 4.36. The number of hydrogen-bond donors (Lipinski definition) is 4. The van der Waals surface area contributed by atoms with Crippen molar-refractivity contribution in [2.45, 2.75) is 39.3 Å². The van der Waals surface area contributed by atoms with Gasteiger partial charge >= 0.3 is 5.97 Å². The molecule has 0 radical (unpaired) electrons. The number of rotatable bonds is 5. The van der Waals surface area contributed by atoms with E-state index in [1.807, 2.05) is 20.8 Å². The van der Waals surface area contributed by atoms with Crippen molar-refractivity contribution in [3.63, 3.8) is 0 Å². The largest absolute Gasteiger partial charge is 0.480 e. The molecular formula is C12H20N4O3. The Morgan fingerprint density at radius 2 is 2.16 bits per heavy atom. The first-order chi connectivity index (χ1) is 8.71. The first-order valence-corrected chi connectivity index (χ1v) is 5.98. The molecule has 0 aromatic carbocycles. The van der Waals surface area contributed by atoms with E-state index >= 15 is 0 Å². The number of nitrogens with one attached hydrogen (secondary N) is 2. The molecule has 0 aliphatic heterocycles. The summed E-state index contributed by atoms with van der Waals surface area (Å²) in [6.07, 6.45) is 3.11. The van der Waals surface area contributed by atoms with Crippen LogP contribution in [-0.4, -0.2) is 39.0 Å². The van der Waals surface area contributed by atoms with Crippen LogP contribution in [0.4, 0.5) is 0 Å². The molecule has 1 aromatic heterocycles. The van der Waals surface area contributed by atoms with Crippen LogP contribution in [0.1, 0.15) is 26.5 Å².